The van der Waals surface area contributed by atoms with Gasteiger partial charge in [0.25, 0.3) is 0 Å². The minimum Gasteiger partial charge on any atom is -0.370 e. The number of nitrogens with zero attached hydrogens (tertiary/aromatic N) is 1. The zero-order valence-electron chi connectivity index (χ0n) is 14.2. The second kappa shape index (κ2) is 7.62. The number of halogens is 1. The minimum atomic E-state index is -2.96. The van der Waals surface area contributed by atoms with Gasteiger partial charge in [0.05, 0.1) is 5.75 Å². The highest BCUT2D eigenvalue weighted by molar-refractivity contribution is 7.91. The Kier molecular flexibility index (Phi) is 6.03. The van der Waals surface area contributed by atoms with E-state index < -0.39 is 9.84 Å². The Morgan fingerprint density at radius 1 is 1.43 bits per heavy atom. The molecule has 23 heavy (non-hydrogen) atoms. The first kappa shape index (κ1) is 18.2. The summed E-state index contributed by atoms with van der Waals surface area (Å²) in [6, 6.07) is 5.09. The Labute approximate surface area is 139 Å². The van der Waals surface area contributed by atoms with Crippen molar-refractivity contribution in [1.82, 2.24) is 5.32 Å². The molecule has 6 heteroatoms. The third-order valence-corrected chi connectivity index (χ3v) is 6.27. The Morgan fingerprint density at radius 3 is 2.83 bits per heavy atom. The summed E-state index contributed by atoms with van der Waals surface area (Å²) in [5, 5.41) is 3.44. The third kappa shape index (κ3) is 5.18. The van der Waals surface area contributed by atoms with Crippen LogP contribution in [0.2, 0.25) is 0 Å². The molecule has 1 aromatic carbocycles. The maximum atomic E-state index is 13.3. The Hall–Kier alpha value is -1.14. The van der Waals surface area contributed by atoms with Gasteiger partial charge >= 0.3 is 0 Å². The van der Waals surface area contributed by atoms with E-state index in [9.17, 15) is 12.8 Å². The second-order valence-corrected chi connectivity index (χ2v) is 8.88. The zero-order valence-corrected chi connectivity index (χ0v) is 15.0. The van der Waals surface area contributed by atoms with E-state index in [0.29, 0.717) is 0 Å². The summed E-state index contributed by atoms with van der Waals surface area (Å²) in [5.41, 5.74) is 2.00. The monoisotopic (exact) mass is 342 g/mol. The molecule has 0 radical (unpaired) electrons. The summed E-state index contributed by atoms with van der Waals surface area (Å²) >= 11 is 0. The summed E-state index contributed by atoms with van der Waals surface area (Å²) in [7, 11) is -2.96. The summed E-state index contributed by atoms with van der Waals surface area (Å²) in [4.78, 5) is 2.26. The van der Waals surface area contributed by atoms with Gasteiger partial charge in [-0.05, 0) is 50.5 Å². The first-order valence-corrected chi connectivity index (χ1v) is 10.1. The molecule has 1 aliphatic rings. The molecule has 1 aromatic rings. The molecule has 0 saturated carbocycles. The van der Waals surface area contributed by atoms with E-state index >= 15 is 0 Å². The lowest BCUT2D eigenvalue weighted by molar-refractivity contribution is 0.394. The number of rotatable bonds is 6. The van der Waals surface area contributed by atoms with Crippen molar-refractivity contribution in [2.24, 2.45) is 0 Å². The molecular weight excluding hydrogens is 315 g/mol. The van der Waals surface area contributed by atoms with Crippen LogP contribution in [0.25, 0.3) is 0 Å². The summed E-state index contributed by atoms with van der Waals surface area (Å²) in [6.07, 6.45) is 2.08. The number of anilines is 1. The van der Waals surface area contributed by atoms with Crippen molar-refractivity contribution < 1.29 is 12.8 Å². The lowest BCUT2D eigenvalue weighted by Crippen LogP contribution is -2.50. The number of aryl methyl sites for hydroxylation is 1. The maximum Gasteiger partial charge on any atom is 0.151 e. The van der Waals surface area contributed by atoms with Gasteiger partial charge in [0.1, 0.15) is 5.82 Å². The van der Waals surface area contributed by atoms with E-state index in [1.54, 1.807) is 13.0 Å². The molecule has 1 fully saturated rings. The fourth-order valence-electron chi connectivity index (χ4n) is 3.25. The van der Waals surface area contributed by atoms with Crippen LogP contribution >= 0.6 is 0 Å². The Balaban J connectivity index is 1.98. The van der Waals surface area contributed by atoms with Crippen LogP contribution in [-0.2, 0) is 9.84 Å². The second-order valence-electron chi connectivity index (χ2n) is 6.48. The van der Waals surface area contributed by atoms with E-state index in [0.717, 1.165) is 37.2 Å². The first-order valence-electron chi connectivity index (χ1n) is 8.28. The number of hydrogen-bond donors (Lipinski definition) is 1. The van der Waals surface area contributed by atoms with Crippen molar-refractivity contribution in [3.63, 3.8) is 0 Å². The van der Waals surface area contributed by atoms with Crippen LogP contribution in [0.4, 0.5) is 10.1 Å². The van der Waals surface area contributed by atoms with Crippen LogP contribution in [-0.4, -0.2) is 45.1 Å². The molecule has 4 nitrogen and oxygen atoms in total. The number of benzene rings is 1. The molecule has 1 aliphatic heterocycles. The first-order chi connectivity index (χ1) is 10.8. The van der Waals surface area contributed by atoms with Crippen molar-refractivity contribution in [2.45, 2.75) is 45.7 Å². The molecule has 0 bridgehead atoms. The van der Waals surface area contributed by atoms with Gasteiger partial charge in [0.15, 0.2) is 9.84 Å². The Morgan fingerprint density at radius 2 is 2.17 bits per heavy atom. The standard InChI is InChI=1S/C17H27FN2O2S/c1-4-23(21,22)12-14(3)19-16-6-5-9-20(11-16)17-8-7-15(18)10-13(17)2/h7-8,10,14,16,19H,4-6,9,11-12H2,1-3H3/t14-,16+/m1/s1. The van der Waals surface area contributed by atoms with Crippen molar-refractivity contribution in [1.29, 1.82) is 0 Å². The van der Waals surface area contributed by atoms with Crippen molar-refractivity contribution >= 4 is 15.5 Å². The molecule has 0 aliphatic carbocycles. The molecular formula is C17H27FN2O2S. The smallest absolute Gasteiger partial charge is 0.151 e. The van der Waals surface area contributed by atoms with Crippen LogP contribution in [0.15, 0.2) is 18.2 Å². The van der Waals surface area contributed by atoms with Gasteiger partial charge in [0, 0.05) is 36.6 Å². The lowest BCUT2D eigenvalue weighted by atomic mass is 10.0. The molecule has 0 spiro atoms. The zero-order chi connectivity index (χ0) is 17.0. The summed E-state index contributed by atoms with van der Waals surface area (Å²) < 4.78 is 36.7. The molecule has 0 unspecified atom stereocenters. The molecule has 1 heterocycles. The van der Waals surface area contributed by atoms with Crippen LogP contribution < -0.4 is 10.2 Å². The van der Waals surface area contributed by atoms with Crippen molar-refractivity contribution in [3.05, 3.63) is 29.6 Å². The van der Waals surface area contributed by atoms with Gasteiger partial charge in [-0.1, -0.05) is 6.92 Å². The fraction of sp³-hybridized carbons (Fsp3) is 0.647. The van der Waals surface area contributed by atoms with Crippen molar-refractivity contribution in [3.8, 4) is 0 Å². The highest BCUT2D eigenvalue weighted by atomic mass is 32.2. The van der Waals surface area contributed by atoms with Crippen LogP contribution in [0.1, 0.15) is 32.3 Å². The highest BCUT2D eigenvalue weighted by Gasteiger charge is 2.23. The molecule has 0 amide bonds. The average Bonchev–Trinajstić information content (AvgIpc) is 2.46. The van der Waals surface area contributed by atoms with E-state index in [1.807, 2.05) is 19.9 Å². The van der Waals surface area contributed by atoms with E-state index in [-0.39, 0.29) is 29.4 Å². The van der Waals surface area contributed by atoms with Gasteiger partial charge in [-0.25, -0.2) is 12.8 Å². The van der Waals surface area contributed by atoms with Crippen LogP contribution in [0.3, 0.4) is 0 Å². The molecule has 130 valence electrons. The van der Waals surface area contributed by atoms with Crippen LogP contribution in [0.5, 0.6) is 0 Å². The predicted molar refractivity (Wildman–Crippen MR) is 93.3 cm³/mol. The molecule has 1 saturated heterocycles. The van der Waals surface area contributed by atoms with Gasteiger partial charge in [-0.3, -0.25) is 0 Å². The molecule has 0 aromatic heterocycles. The average molecular weight is 342 g/mol. The molecule has 2 rings (SSSR count). The molecule has 1 N–H and O–H groups in total. The third-order valence-electron chi connectivity index (χ3n) is 4.38. The van der Waals surface area contributed by atoms with Gasteiger partial charge in [-0.15, -0.1) is 0 Å². The number of sulfone groups is 1. The normalized spacial score (nSPS) is 20.5. The molecule has 2 atom stereocenters. The summed E-state index contributed by atoms with van der Waals surface area (Å²) in [5.74, 6) is 0.150. The highest BCUT2D eigenvalue weighted by Crippen LogP contribution is 2.24. The number of nitrogens with one attached hydrogen (secondary N) is 1. The van der Waals surface area contributed by atoms with E-state index in [2.05, 4.69) is 10.2 Å². The predicted octanol–water partition coefficient (Wildman–Crippen LogP) is 2.52. The van der Waals surface area contributed by atoms with Gasteiger partial charge < -0.3 is 10.2 Å². The summed E-state index contributed by atoms with van der Waals surface area (Å²) in [6.45, 7) is 7.30. The van der Waals surface area contributed by atoms with Gasteiger partial charge in [0.2, 0.25) is 0 Å². The van der Waals surface area contributed by atoms with Crippen molar-refractivity contribution in [2.75, 3.05) is 29.5 Å². The Bertz CT molecular complexity index is 633. The largest absolute Gasteiger partial charge is 0.370 e. The fourth-order valence-corrected chi connectivity index (χ4v) is 4.35. The minimum absolute atomic E-state index is 0.0563. The quantitative estimate of drug-likeness (QED) is 0.863. The van der Waals surface area contributed by atoms with E-state index in [4.69, 9.17) is 0 Å². The maximum absolute atomic E-state index is 13.3. The number of hydrogen-bond acceptors (Lipinski definition) is 4. The SMILES string of the molecule is CCS(=O)(=O)C[C@@H](C)N[C@H]1CCCN(c2ccc(F)cc2C)C1. The van der Waals surface area contributed by atoms with Gasteiger partial charge in [-0.2, -0.15) is 0 Å². The van der Waals surface area contributed by atoms with Crippen LogP contribution in [0, 0.1) is 12.7 Å². The number of piperidine rings is 1. The van der Waals surface area contributed by atoms with E-state index in [1.165, 1.54) is 6.07 Å². The lowest BCUT2D eigenvalue weighted by Gasteiger charge is -2.37. The topological polar surface area (TPSA) is 49.4 Å².